The molecule has 0 saturated heterocycles. The van der Waals surface area contributed by atoms with Crippen LogP contribution in [0.2, 0.25) is 5.02 Å². The minimum atomic E-state index is 0.633. The fourth-order valence-electron chi connectivity index (χ4n) is 2.22. The molecule has 0 aliphatic heterocycles. The molecule has 0 bridgehead atoms. The highest BCUT2D eigenvalue weighted by Gasteiger charge is 2.11. The maximum atomic E-state index is 5.97. The standard InChI is InChI=1S/C16H10ClN3O/c17-12-6-7-16-18-14(10-20(16)9-12)15-8-13(19-21-15)11-4-2-1-3-5-11/h1-10H. The molecule has 0 radical (unpaired) electrons. The Labute approximate surface area is 125 Å². The zero-order valence-corrected chi connectivity index (χ0v) is 11.7. The van der Waals surface area contributed by atoms with Crippen LogP contribution in [0.1, 0.15) is 0 Å². The molecule has 0 N–H and O–H groups in total. The topological polar surface area (TPSA) is 43.3 Å². The van der Waals surface area contributed by atoms with Gasteiger partial charge in [0.25, 0.3) is 0 Å². The van der Waals surface area contributed by atoms with Gasteiger partial charge in [-0.3, -0.25) is 0 Å². The molecule has 5 heteroatoms. The zero-order valence-electron chi connectivity index (χ0n) is 10.9. The normalized spacial score (nSPS) is 11.1. The van der Waals surface area contributed by atoms with Crippen LogP contribution in [0, 0.1) is 0 Å². The van der Waals surface area contributed by atoms with E-state index in [4.69, 9.17) is 16.1 Å². The number of hydrogen-bond donors (Lipinski definition) is 0. The Morgan fingerprint density at radius 1 is 0.952 bits per heavy atom. The summed E-state index contributed by atoms with van der Waals surface area (Å²) in [5, 5.41) is 4.76. The second-order valence-electron chi connectivity index (χ2n) is 4.68. The van der Waals surface area contributed by atoms with Crippen LogP contribution in [0.3, 0.4) is 0 Å². The van der Waals surface area contributed by atoms with E-state index in [1.165, 1.54) is 0 Å². The molecule has 3 heterocycles. The Kier molecular flexibility index (Phi) is 2.75. The minimum Gasteiger partial charge on any atom is -0.354 e. The molecule has 0 aliphatic carbocycles. The van der Waals surface area contributed by atoms with Crippen molar-refractivity contribution in [3.63, 3.8) is 0 Å². The van der Waals surface area contributed by atoms with Gasteiger partial charge in [0.1, 0.15) is 17.0 Å². The molecule has 0 spiro atoms. The van der Waals surface area contributed by atoms with E-state index in [2.05, 4.69) is 10.1 Å². The lowest BCUT2D eigenvalue weighted by Crippen LogP contribution is -1.79. The molecular formula is C16H10ClN3O. The van der Waals surface area contributed by atoms with E-state index in [9.17, 15) is 0 Å². The number of aromatic nitrogens is 3. The van der Waals surface area contributed by atoms with Crippen LogP contribution in [0.5, 0.6) is 0 Å². The average molecular weight is 296 g/mol. The maximum Gasteiger partial charge on any atom is 0.187 e. The molecule has 0 aliphatic rings. The van der Waals surface area contributed by atoms with E-state index in [1.807, 2.05) is 65.3 Å². The molecule has 0 unspecified atom stereocenters. The van der Waals surface area contributed by atoms with E-state index in [-0.39, 0.29) is 0 Å². The predicted octanol–water partition coefficient (Wildman–Crippen LogP) is 4.31. The minimum absolute atomic E-state index is 0.633. The van der Waals surface area contributed by atoms with Crippen molar-refractivity contribution in [2.75, 3.05) is 0 Å². The Hall–Kier alpha value is -2.59. The highest BCUT2D eigenvalue weighted by molar-refractivity contribution is 6.30. The van der Waals surface area contributed by atoms with Gasteiger partial charge in [-0.1, -0.05) is 47.1 Å². The molecule has 4 rings (SSSR count). The van der Waals surface area contributed by atoms with E-state index in [0.717, 1.165) is 22.6 Å². The number of imidazole rings is 1. The number of pyridine rings is 1. The zero-order chi connectivity index (χ0) is 14.2. The van der Waals surface area contributed by atoms with Crippen molar-refractivity contribution < 1.29 is 4.52 Å². The fourth-order valence-corrected chi connectivity index (χ4v) is 2.39. The van der Waals surface area contributed by atoms with Crippen molar-refractivity contribution in [2.24, 2.45) is 0 Å². The summed E-state index contributed by atoms with van der Waals surface area (Å²) in [6, 6.07) is 15.4. The van der Waals surface area contributed by atoms with Crippen LogP contribution >= 0.6 is 11.6 Å². The monoisotopic (exact) mass is 295 g/mol. The SMILES string of the molecule is Clc1ccc2nc(-c3cc(-c4ccccc4)no3)cn2c1. The van der Waals surface area contributed by atoms with Crippen molar-refractivity contribution >= 4 is 17.2 Å². The molecule has 21 heavy (non-hydrogen) atoms. The summed E-state index contributed by atoms with van der Waals surface area (Å²) < 4.78 is 7.27. The lowest BCUT2D eigenvalue weighted by atomic mass is 10.1. The Bertz CT molecular complexity index is 912. The van der Waals surface area contributed by atoms with Gasteiger partial charge in [-0.05, 0) is 12.1 Å². The van der Waals surface area contributed by atoms with Gasteiger partial charge in [-0.15, -0.1) is 0 Å². The summed E-state index contributed by atoms with van der Waals surface area (Å²) in [6.45, 7) is 0. The summed E-state index contributed by atoms with van der Waals surface area (Å²) in [7, 11) is 0. The lowest BCUT2D eigenvalue weighted by molar-refractivity contribution is 0.434. The van der Waals surface area contributed by atoms with Gasteiger partial charge < -0.3 is 8.92 Å². The third kappa shape index (κ3) is 2.19. The third-order valence-electron chi connectivity index (χ3n) is 3.25. The molecule has 3 aromatic heterocycles. The summed E-state index contributed by atoms with van der Waals surface area (Å²) in [5.41, 5.74) is 3.35. The Morgan fingerprint density at radius 2 is 1.81 bits per heavy atom. The number of fused-ring (bicyclic) bond motifs is 1. The van der Waals surface area contributed by atoms with Gasteiger partial charge in [-0.25, -0.2) is 4.98 Å². The second kappa shape index (κ2) is 4.75. The summed E-state index contributed by atoms with van der Waals surface area (Å²) in [5.74, 6) is 0.633. The quantitative estimate of drug-likeness (QED) is 0.553. The Balaban J connectivity index is 1.77. The van der Waals surface area contributed by atoms with Crippen LogP contribution in [-0.4, -0.2) is 14.5 Å². The molecule has 4 aromatic rings. The fraction of sp³-hybridized carbons (Fsp3) is 0. The van der Waals surface area contributed by atoms with Gasteiger partial charge in [-0.2, -0.15) is 0 Å². The van der Waals surface area contributed by atoms with Crippen molar-refractivity contribution in [1.82, 2.24) is 14.5 Å². The van der Waals surface area contributed by atoms with Crippen LogP contribution < -0.4 is 0 Å². The first-order valence-corrected chi connectivity index (χ1v) is 6.84. The van der Waals surface area contributed by atoms with E-state index >= 15 is 0 Å². The summed E-state index contributed by atoms with van der Waals surface area (Å²) in [4.78, 5) is 4.50. The molecule has 4 nitrogen and oxygen atoms in total. The molecular weight excluding hydrogens is 286 g/mol. The first-order valence-electron chi connectivity index (χ1n) is 6.46. The van der Waals surface area contributed by atoms with E-state index < -0.39 is 0 Å². The highest BCUT2D eigenvalue weighted by Crippen LogP contribution is 2.26. The lowest BCUT2D eigenvalue weighted by Gasteiger charge is -1.91. The van der Waals surface area contributed by atoms with Gasteiger partial charge in [0.15, 0.2) is 5.76 Å². The van der Waals surface area contributed by atoms with Crippen LogP contribution in [0.15, 0.2) is 65.4 Å². The number of benzene rings is 1. The molecule has 0 amide bonds. The Morgan fingerprint density at radius 3 is 2.67 bits per heavy atom. The number of rotatable bonds is 2. The largest absolute Gasteiger partial charge is 0.354 e. The number of halogens is 1. The smallest absolute Gasteiger partial charge is 0.187 e. The van der Waals surface area contributed by atoms with Crippen molar-refractivity contribution in [3.8, 4) is 22.7 Å². The van der Waals surface area contributed by atoms with Gasteiger partial charge in [0.05, 0.1) is 5.02 Å². The summed E-state index contributed by atoms with van der Waals surface area (Å²) in [6.07, 6.45) is 3.68. The predicted molar refractivity (Wildman–Crippen MR) is 81.1 cm³/mol. The maximum absolute atomic E-state index is 5.97. The molecule has 0 fully saturated rings. The molecule has 0 saturated carbocycles. The first-order chi connectivity index (χ1) is 10.3. The van der Waals surface area contributed by atoms with Crippen molar-refractivity contribution in [3.05, 3.63) is 65.9 Å². The first kappa shape index (κ1) is 12.2. The highest BCUT2D eigenvalue weighted by atomic mass is 35.5. The number of hydrogen-bond acceptors (Lipinski definition) is 3. The summed E-state index contributed by atoms with van der Waals surface area (Å²) >= 11 is 5.97. The van der Waals surface area contributed by atoms with Gasteiger partial charge >= 0.3 is 0 Å². The molecule has 102 valence electrons. The average Bonchev–Trinajstić information content (AvgIpc) is 3.14. The van der Waals surface area contributed by atoms with Crippen LogP contribution in [0.4, 0.5) is 0 Å². The van der Waals surface area contributed by atoms with E-state index in [1.54, 1.807) is 0 Å². The van der Waals surface area contributed by atoms with E-state index in [0.29, 0.717) is 10.8 Å². The second-order valence-corrected chi connectivity index (χ2v) is 5.12. The van der Waals surface area contributed by atoms with Crippen molar-refractivity contribution in [1.29, 1.82) is 0 Å². The molecule has 0 atom stereocenters. The van der Waals surface area contributed by atoms with Crippen molar-refractivity contribution in [2.45, 2.75) is 0 Å². The van der Waals surface area contributed by atoms with Crippen LogP contribution in [-0.2, 0) is 0 Å². The molecule has 1 aromatic carbocycles. The van der Waals surface area contributed by atoms with Crippen LogP contribution in [0.25, 0.3) is 28.4 Å². The third-order valence-corrected chi connectivity index (χ3v) is 3.47. The number of nitrogens with zero attached hydrogens (tertiary/aromatic N) is 3. The van der Waals surface area contributed by atoms with Gasteiger partial charge in [0.2, 0.25) is 0 Å². The van der Waals surface area contributed by atoms with Gasteiger partial charge in [0, 0.05) is 24.0 Å².